The number of benzene rings is 1. The average molecular weight is 704 g/mol. The second-order valence-electron chi connectivity index (χ2n) is 15.1. The largest absolute Gasteiger partial charge is 0.446 e. The van der Waals surface area contributed by atoms with Gasteiger partial charge in [0.25, 0.3) is 5.91 Å². The van der Waals surface area contributed by atoms with Gasteiger partial charge in [0.15, 0.2) is 0 Å². The van der Waals surface area contributed by atoms with Gasteiger partial charge in [-0.15, -0.1) is 0 Å². The van der Waals surface area contributed by atoms with Gasteiger partial charge in [-0.25, -0.2) is 9.59 Å². The first-order valence-corrected chi connectivity index (χ1v) is 18.8. The molecule has 274 valence electrons. The van der Waals surface area contributed by atoms with Crippen LogP contribution in [0.4, 0.5) is 9.59 Å². The van der Waals surface area contributed by atoms with Crippen molar-refractivity contribution in [3.63, 3.8) is 0 Å². The lowest BCUT2D eigenvalue weighted by molar-refractivity contribution is -0.141. The molecule has 13 heteroatoms. The van der Waals surface area contributed by atoms with Gasteiger partial charge in [0.1, 0.15) is 29.8 Å². The molecule has 0 aromatic heterocycles. The van der Waals surface area contributed by atoms with Gasteiger partial charge >= 0.3 is 12.2 Å². The number of nitrogens with zero attached hydrogens (tertiary/aromatic N) is 2. The van der Waals surface area contributed by atoms with Gasteiger partial charge in [0.05, 0.1) is 6.54 Å². The van der Waals surface area contributed by atoms with Crippen LogP contribution in [0.25, 0.3) is 0 Å². The van der Waals surface area contributed by atoms with E-state index in [1.54, 1.807) is 4.90 Å². The maximum atomic E-state index is 14.4. The molecule has 3 aliphatic heterocycles. The smallest absolute Gasteiger partial charge is 0.410 e. The summed E-state index contributed by atoms with van der Waals surface area (Å²) in [4.78, 5) is 84.3. The summed E-state index contributed by atoms with van der Waals surface area (Å²) in [6, 6.07) is 5.91. The van der Waals surface area contributed by atoms with Crippen LogP contribution in [-0.2, 0) is 41.6 Å². The number of ether oxygens (including phenoxy) is 2. The summed E-state index contributed by atoms with van der Waals surface area (Å²) >= 11 is 0. The molecule has 51 heavy (non-hydrogen) atoms. The fourth-order valence-corrected chi connectivity index (χ4v) is 8.04. The molecular formula is C38H49N5O8. The first-order valence-electron chi connectivity index (χ1n) is 18.8. The molecule has 1 aromatic rings. The van der Waals surface area contributed by atoms with Gasteiger partial charge in [-0.05, 0) is 81.8 Å². The minimum absolute atomic E-state index is 0.0200. The Kier molecular flexibility index (Phi) is 10.3. The van der Waals surface area contributed by atoms with Crippen LogP contribution in [0.3, 0.4) is 0 Å². The van der Waals surface area contributed by atoms with Crippen LogP contribution in [0, 0.1) is 11.8 Å². The number of nitrogens with one attached hydrogen (secondary N) is 3. The van der Waals surface area contributed by atoms with E-state index in [0.29, 0.717) is 38.8 Å². The summed E-state index contributed by atoms with van der Waals surface area (Å²) in [7, 11) is 0. The van der Waals surface area contributed by atoms with Crippen molar-refractivity contribution < 1.29 is 38.2 Å². The van der Waals surface area contributed by atoms with E-state index >= 15 is 0 Å². The highest BCUT2D eigenvalue weighted by molar-refractivity contribution is 6.06. The van der Waals surface area contributed by atoms with Crippen molar-refractivity contribution in [1.29, 1.82) is 0 Å². The highest BCUT2D eigenvalue weighted by Gasteiger charge is 2.61. The molecular weight excluding hydrogens is 654 g/mol. The SMILES string of the molecule is O=C(N[C@H]1CCCCCC=C[C@@H]2C[C@@]2(C(=O)NC(=O)C2CC2)NC(=O)[C@@H]2C[C@@H](OC(=O)N3CCc4ccccc4C3)CN2C1=O)OC1CCCC1. The zero-order valence-electron chi connectivity index (χ0n) is 29.1. The fraction of sp³-hybridized carbons (Fsp3) is 0.632. The lowest BCUT2D eigenvalue weighted by Crippen LogP contribution is -2.58. The van der Waals surface area contributed by atoms with Crippen LogP contribution < -0.4 is 16.0 Å². The monoisotopic (exact) mass is 703 g/mol. The summed E-state index contributed by atoms with van der Waals surface area (Å²) in [6.07, 6.45) is 11.2. The molecule has 0 unspecified atom stereocenters. The molecule has 5 atom stereocenters. The van der Waals surface area contributed by atoms with Crippen molar-refractivity contribution in [3.8, 4) is 0 Å². The topological polar surface area (TPSA) is 163 Å². The van der Waals surface area contributed by atoms with Crippen molar-refractivity contribution in [1.82, 2.24) is 25.8 Å². The van der Waals surface area contributed by atoms with Crippen LogP contribution in [0.2, 0.25) is 0 Å². The van der Waals surface area contributed by atoms with Crippen LogP contribution in [0.5, 0.6) is 0 Å². The zero-order valence-corrected chi connectivity index (χ0v) is 29.1. The van der Waals surface area contributed by atoms with Crippen LogP contribution in [0.15, 0.2) is 36.4 Å². The molecule has 0 spiro atoms. The minimum atomic E-state index is -1.33. The third-order valence-corrected chi connectivity index (χ3v) is 11.4. The van der Waals surface area contributed by atoms with Gasteiger partial charge in [-0.1, -0.05) is 49.3 Å². The van der Waals surface area contributed by atoms with Crippen LogP contribution >= 0.6 is 0 Å². The molecule has 3 aliphatic carbocycles. The van der Waals surface area contributed by atoms with Gasteiger partial charge in [-0.2, -0.15) is 0 Å². The van der Waals surface area contributed by atoms with E-state index in [9.17, 15) is 28.8 Å². The quantitative estimate of drug-likeness (QED) is 0.309. The molecule has 6 aliphatic rings. The summed E-state index contributed by atoms with van der Waals surface area (Å²) in [5, 5.41) is 8.25. The Morgan fingerprint density at radius 3 is 2.43 bits per heavy atom. The second kappa shape index (κ2) is 15.1. The summed E-state index contributed by atoms with van der Waals surface area (Å²) in [6.45, 7) is 0.831. The number of allylic oxidation sites excluding steroid dienone is 1. The first kappa shape index (κ1) is 35.0. The third kappa shape index (κ3) is 8.07. The molecule has 7 rings (SSSR count). The Balaban J connectivity index is 1.11. The number of rotatable bonds is 5. The number of alkyl carbamates (subject to hydrolysis) is 1. The highest BCUT2D eigenvalue weighted by atomic mass is 16.6. The summed E-state index contributed by atoms with van der Waals surface area (Å²) in [5.74, 6) is -2.41. The molecule has 3 N–H and O–H groups in total. The van der Waals surface area contributed by atoms with Gasteiger partial charge in [0.2, 0.25) is 17.7 Å². The lowest BCUT2D eigenvalue weighted by Gasteiger charge is -2.30. The standard InChI is InChI=1S/C38H49N5O8/c44-32(25-16-17-25)40-35(47)38-21-27(38)12-4-2-1-3-5-15-30(39-36(48)50-28-13-8-9-14-28)34(46)43-23-29(20-31(43)33(45)41-38)51-37(49)42-19-18-24-10-6-7-11-26(24)22-42/h4,6-7,10-12,25,27-31H,1-3,5,8-9,13-23H2,(H,39,48)(H,41,45)(H,40,44,47)/t27-,29-,30+,31+,38-/m1/s1. The van der Waals surface area contributed by atoms with Crippen molar-refractivity contribution in [3.05, 3.63) is 47.5 Å². The van der Waals surface area contributed by atoms with E-state index in [2.05, 4.69) is 16.0 Å². The minimum Gasteiger partial charge on any atom is -0.446 e. The average Bonchev–Trinajstić information content (AvgIpc) is 3.99. The van der Waals surface area contributed by atoms with Gasteiger partial charge in [-0.3, -0.25) is 24.5 Å². The number of hydrogen-bond acceptors (Lipinski definition) is 8. The Labute approximate surface area is 298 Å². The Bertz CT molecular complexity index is 1570. The second-order valence-corrected chi connectivity index (χ2v) is 15.1. The molecule has 13 nitrogen and oxygen atoms in total. The Hall–Kier alpha value is -4.42. The molecule has 3 heterocycles. The van der Waals surface area contributed by atoms with E-state index in [-0.39, 0.29) is 36.8 Å². The number of hydrogen-bond donors (Lipinski definition) is 3. The molecule has 0 radical (unpaired) electrons. The fourth-order valence-electron chi connectivity index (χ4n) is 8.04. The normalized spacial score (nSPS) is 29.7. The van der Waals surface area contributed by atoms with Gasteiger partial charge < -0.3 is 29.9 Å². The molecule has 0 bridgehead atoms. The molecule has 1 aromatic carbocycles. The molecule has 6 amide bonds. The van der Waals surface area contributed by atoms with E-state index in [0.717, 1.165) is 63.4 Å². The highest BCUT2D eigenvalue weighted by Crippen LogP contribution is 2.46. The van der Waals surface area contributed by atoms with E-state index < -0.39 is 53.6 Å². The third-order valence-electron chi connectivity index (χ3n) is 11.4. The Morgan fingerprint density at radius 1 is 0.882 bits per heavy atom. The molecule has 4 fully saturated rings. The molecule has 3 saturated carbocycles. The maximum Gasteiger partial charge on any atom is 0.410 e. The van der Waals surface area contributed by atoms with Crippen LogP contribution in [-0.4, -0.2) is 88.5 Å². The maximum absolute atomic E-state index is 14.4. The number of carbonyl (C=O) groups is 6. The van der Waals surface area contributed by atoms with Gasteiger partial charge in [0, 0.05) is 31.3 Å². The first-order chi connectivity index (χ1) is 24.7. The number of carbonyl (C=O) groups excluding carboxylic acids is 6. The van der Waals surface area contributed by atoms with Crippen LogP contribution in [0.1, 0.15) is 94.6 Å². The zero-order chi connectivity index (χ0) is 35.5. The number of fused-ring (bicyclic) bond motifs is 3. The van der Waals surface area contributed by atoms with E-state index in [1.165, 1.54) is 10.5 Å². The van der Waals surface area contributed by atoms with Crippen molar-refractivity contribution in [2.24, 2.45) is 11.8 Å². The Morgan fingerprint density at radius 2 is 1.65 bits per heavy atom. The van der Waals surface area contributed by atoms with Crippen molar-refractivity contribution >= 4 is 35.8 Å². The van der Waals surface area contributed by atoms with Crippen molar-refractivity contribution in [2.75, 3.05) is 13.1 Å². The van der Waals surface area contributed by atoms with E-state index in [1.807, 2.05) is 36.4 Å². The lowest BCUT2D eigenvalue weighted by atomic mass is 10.0. The molecule has 1 saturated heterocycles. The number of amides is 6. The van der Waals surface area contributed by atoms with Crippen molar-refractivity contribution in [2.45, 2.75) is 126 Å². The summed E-state index contributed by atoms with van der Waals surface area (Å²) in [5.41, 5.74) is 0.904. The summed E-state index contributed by atoms with van der Waals surface area (Å²) < 4.78 is 11.6. The predicted molar refractivity (Wildman–Crippen MR) is 184 cm³/mol. The number of imide groups is 1. The predicted octanol–water partition coefficient (Wildman–Crippen LogP) is 3.64. The van der Waals surface area contributed by atoms with E-state index in [4.69, 9.17) is 9.47 Å².